The summed E-state index contributed by atoms with van der Waals surface area (Å²) in [5, 5.41) is 19.4. The van der Waals surface area contributed by atoms with Crippen molar-refractivity contribution in [3.63, 3.8) is 0 Å². The number of carboxylic acids is 1. The van der Waals surface area contributed by atoms with E-state index in [0.29, 0.717) is 32.4 Å². The highest BCUT2D eigenvalue weighted by Crippen LogP contribution is 2.21. The number of aliphatic hydroxyl groups excluding tert-OH is 1. The SMILES string of the molecule is COCc1cccc(C[C@H](O)/C=C/[C@H]2CCC(=O)N2CCc2ccc(C(=O)O)cc2)c1. The zero-order valence-electron chi connectivity index (χ0n) is 17.7. The predicted molar refractivity (Wildman–Crippen MR) is 118 cm³/mol. The molecule has 1 amide bonds. The van der Waals surface area contributed by atoms with Crippen LogP contribution in [0.2, 0.25) is 0 Å². The topological polar surface area (TPSA) is 87.1 Å². The normalized spacial score (nSPS) is 17.4. The molecule has 1 fully saturated rings. The second kappa shape index (κ2) is 10.9. The molecular formula is C25H29NO5. The summed E-state index contributed by atoms with van der Waals surface area (Å²) < 4.78 is 5.16. The number of aliphatic hydroxyl groups is 1. The Morgan fingerprint density at radius 2 is 1.94 bits per heavy atom. The first-order valence-electron chi connectivity index (χ1n) is 10.5. The summed E-state index contributed by atoms with van der Waals surface area (Å²) in [7, 11) is 1.66. The summed E-state index contributed by atoms with van der Waals surface area (Å²) in [6.07, 6.45) is 5.49. The number of ether oxygens (including phenoxy) is 1. The number of carbonyl (C=O) groups is 2. The first-order chi connectivity index (χ1) is 15.0. The molecule has 3 rings (SSSR count). The number of likely N-dealkylation sites (tertiary alicyclic amines) is 1. The lowest BCUT2D eigenvalue weighted by Gasteiger charge is -2.23. The fraction of sp³-hybridized carbons (Fsp3) is 0.360. The highest BCUT2D eigenvalue weighted by atomic mass is 16.5. The van der Waals surface area contributed by atoms with Crippen LogP contribution in [0.15, 0.2) is 60.7 Å². The van der Waals surface area contributed by atoms with Crippen molar-refractivity contribution in [3.05, 3.63) is 82.9 Å². The van der Waals surface area contributed by atoms with Crippen LogP contribution in [0.25, 0.3) is 0 Å². The van der Waals surface area contributed by atoms with Crippen LogP contribution in [0.5, 0.6) is 0 Å². The van der Waals surface area contributed by atoms with Gasteiger partial charge in [0.1, 0.15) is 0 Å². The molecule has 0 saturated carbocycles. The molecule has 0 bridgehead atoms. The van der Waals surface area contributed by atoms with Crippen molar-refractivity contribution in [1.29, 1.82) is 0 Å². The molecule has 31 heavy (non-hydrogen) atoms. The summed E-state index contributed by atoms with van der Waals surface area (Å²) in [5.74, 6) is -0.839. The zero-order chi connectivity index (χ0) is 22.2. The van der Waals surface area contributed by atoms with E-state index in [0.717, 1.165) is 23.1 Å². The highest BCUT2D eigenvalue weighted by Gasteiger charge is 2.28. The fourth-order valence-corrected chi connectivity index (χ4v) is 3.89. The summed E-state index contributed by atoms with van der Waals surface area (Å²) in [6, 6.07) is 14.7. The molecule has 2 atom stereocenters. The van der Waals surface area contributed by atoms with Gasteiger partial charge in [0.25, 0.3) is 0 Å². The Bertz CT molecular complexity index is 922. The third-order valence-electron chi connectivity index (χ3n) is 5.52. The Labute approximate surface area is 182 Å². The fourth-order valence-electron chi connectivity index (χ4n) is 3.89. The first-order valence-corrected chi connectivity index (χ1v) is 10.5. The van der Waals surface area contributed by atoms with Gasteiger partial charge in [0.2, 0.25) is 5.91 Å². The number of benzene rings is 2. The molecule has 2 aromatic rings. The summed E-state index contributed by atoms with van der Waals surface area (Å²) in [5.41, 5.74) is 3.35. The molecule has 0 radical (unpaired) electrons. The molecule has 0 unspecified atom stereocenters. The van der Waals surface area contributed by atoms with E-state index in [1.165, 1.54) is 0 Å². The van der Waals surface area contributed by atoms with Crippen molar-refractivity contribution in [2.45, 2.75) is 44.4 Å². The van der Waals surface area contributed by atoms with Gasteiger partial charge in [-0.1, -0.05) is 48.6 Å². The van der Waals surface area contributed by atoms with Crippen molar-refractivity contribution in [1.82, 2.24) is 4.90 Å². The van der Waals surface area contributed by atoms with E-state index < -0.39 is 12.1 Å². The summed E-state index contributed by atoms with van der Waals surface area (Å²) in [6.45, 7) is 1.10. The molecule has 0 spiro atoms. The van der Waals surface area contributed by atoms with Gasteiger partial charge in [-0.05, 0) is 41.7 Å². The number of hydrogen-bond acceptors (Lipinski definition) is 4. The molecule has 1 heterocycles. The van der Waals surface area contributed by atoms with Crippen LogP contribution >= 0.6 is 0 Å². The maximum Gasteiger partial charge on any atom is 0.335 e. The minimum absolute atomic E-state index is 0.0275. The van der Waals surface area contributed by atoms with Gasteiger partial charge < -0.3 is 19.8 Å². The molecule has 2 aromatic carbocycles. The third-order valence-corrected chi connectivity index (χ3v) is 5.52. The van der Waals surface area contributed by atoms with Crippen molar-refractivity contribution < 1.29 is 24.5 Å². The van der Waals surface area contributed by atoms with E-state index in [1.54, 1.807) is 37.5 Å². The quantitative estimate of drug-likeness (QED) is 0.573. The van der Waals surface area contributed by atoms with Gasteiger partial charge in [-0.25, -0.2) is 4.79 Å². The maximum atomic E-state index is 12.3. The van der Waals surface area contributed by atoms with E-state index >= 15 is 0 Å². The predicted octanol–water partition coefficient (Wildman–Crippen LogP) is 3.22. The molecule has 6 heteroatoms. The highest BCUT2D eigenvalue weighted by molar-refractivity contribution is 5.87. The number of aromatic carboxylic acids is 1. The standard InChI is InChI=1S/C25H29NO5/c1-31-17-20-4-2-3-19(15-20)16-23(27)11-9-22-10-12-24(28)26(22)14-13-18-5-7-21(8-6-18)25(29)30/h2-9,11,15,22-23,27H,10,12-14,16-17H2,1H3,(H,29,30)/b11-9+/t22-,23+/m0/s1. The molecule has 0 aliphatic carbocycles. The Morgan fingerprint density at radius 1 is 1.19 bits per heavy atom. The van der Waals surface area contributed by atoms with Gasteiger partial charge in [0.05, 0.1) is 24.3 Å². The molecule has 1 saturated heterocycles. The molecule has 6 nitrogen and oxygen atoms in total. The maximum absolute atomic E-state index is 12.3. The van der Waals surface area contributed by atoms with Crippen LogP contribution in [0.1, 0.15) is 39.9 Å². The second-order valence-corrected chi connectivity index (χ2v) is 7.85. The van der Waals surface area contributed by atoms with Gasteiger partial charge in [-0.15, -0.1) is 0 Å². The lowest BCUT2D eigenvalue weighted by molar-refractivity contribution is -0.128. The Morgan fingerprint density at radius 3 is 2.65 bits per heavy atom. The molecule has 1 aliphatic heterocycles. The molecule has 0 aromatic heterocycles. The summed E-state index contributed by atoms with van der Waals surface area (Å²) in [4.78, 5) is 25.1. The third kappa shape index (κ3) is 6.51. The summed E-state index contributed by atoms with van der Waals surface area (Å²) >= 11 is 0. The lowest BCUT2D eigenvalue weighted by Crippen LogP contribution is -2.33. The number of amides is 1. The number of carbonyl (C=O) groups excluding carboxylic acids is 1. The number of rotatable bonds is 10. The van der Waals surface area contributed by atoms with E-state index in [2.05, 4.69) is 0 Å². The van der Waals surface area contributed by atoms with Crippen LogP contribution in [-0.4, -0.2) is 52.8 Å². The van der Waals surface area contributed by atoms with Crippen molar-refractivity contribution in [3.8, 4) is 0 Å². The van der Waals surface area contributed by atoms with Gasteiger partial charge >= 0.3 is 5.97 Å². The van der Waals surface area contributed by atoms with E-state index in [1.807, 2.05) is 35.2 Å². The van der Waals surface area contributed by atoms with Gasteiger partial charge in [0, 0.05) is 26.5 Å². The van der Waals surface area contributed by atoms with Crippen molar-refractivity contribution >= 4 is 11.9 Å². The van der Waals surface area contributed by atoms with Crippen LogP contribution in [0.4, 0.5) is 0 Å². The van der Waals surface area contributed by atoms with E-state index in [-0.39, 0.29) is 17.5 Å². The lowest BCUT2D eigenvalue weighted by atomic mass is 10.0. The van der Waals surface area contributed by atoms with Crippen LogP contribution in [0, 0.1) is 0 Å². The van der Waals surface area contributed by atoms with Gasteiger partial charge in [-0.3, -0.25) is 4.79 Å². The number of methoxy groups -OCH3 is 1. The molecule has 164 valence electrons. The molecule has 2 N–H and O–H groups in total. The molecular weight excluding hydrogens is 394 g/mol. The van der Waals surface area contributed by atoms with Gasteiger partial charge in [-0.2, -0.15) is 0 Å². The Hall–Kier alpha value is -2.96. The zero-order valence-corrected chi connectivity index (χ0v) is 17.7. The largest absolute Gasteiger partial charge is 0.478 e. The van der Waals surface area contributed by atoms with Crippen molar-refractivity contribution in [2.75, 3.05) is 13.7 Å². The Balaban J connectivity index is 1.55. The number of hydrogen-bond donors (Lipinski definition) is 2. The monoisotopic (exact) mass is 423 g/mol. The average Bonchev–Trinajstić information content (AvgIpc) is 3.11. The molecule has 1 aliphatic rings. The first kappa shape index (κ1) is 22.7. The van der Waals surface area contributed by atoms with E-state index in [4.69, 9.17) is 9.84 Å². The van der Waals surface area contributed by atoms with Crippen molar-refractivity contribution in [2.24, 2.45) is 0 Å². The Kier molecular flexibility index (Phi) is 7.98. The smallest absolute Gasteiger partial charge is 0.335 e. The van der Waals surface area contributed by atoms with Crippen LogP contribution in [-0.2, 0) is 29.0 Å². The van der Waals surface area contributed by atoms with E-state index in [9.17, 15) is 14.7 Å². The average molecular weight is 424 g/mol. The number of carboxylic acid groups (broad SMARTS) is 1. The van der Waals surface area contributed by atoms with Crippen LogP contribution < -0.4 is 0 Å². The number of nitrogens with zero attached hydrogens (tertiary/aromatic N) is 1. The minimum Gasteiger partial charge on any atom is -0.478 e. The van der Waals surface area contributed by atoms with Gasteiger partial charge in [0.15, 0.2) is 0 Å². The second-order valence-electron chi connectivity index (χ2n) is 7.85. The minimum atomic E-state index is -0.949. The van der Waals surface area contributed by atoms with Crippen LogP contribution in [0.3, 0.4) is 0 Å².